The van der Waals surface area contributed by atoms with E-state index < -0.39 is 0 Å². The van der Waals surface area contributed by atoms with E-state index in [0.29, 0.717) is 5.41 Å². The van der Waals surface area contributed by atoms with Crippen LogP contribution >= 0.6 is 0 Å². The van der Waals surface area contributed by atoms with Gasteiger partial charge in [-0.25, -0.2) is 0 Å². The van der Waals surface area contributed by atoms with Crippen molar-refractivity contribution in [3.63, 3.8) is 0 Å². The fourth-order valence-electron chi connectivity index (χ4n) is 2.75. The number of hydrogen-bond donors (Lipinski definition) is 0. The molecule has 1 fully saturated rings. The maximum atomic E-state index is 2.43. The topological polar surface area (TPSA) is 0 Å². The van der Waals surface area contributed by atoms with E-state index in [0.717, 1.165) is 11.7 Å². The summed E-state index contributed by atoms with van der Waals surface area (Å²) < 4.78 is 0. The van der Waals surface area contributed by atoms with Gasteiger partial charge in [0, 0.05) is 0 Å². The molecule has 1 heteroatoms. The molecule has 82 valence electrons. The molecule has 2 unspecified atom stereocenters. The Morgan fingerprint density at radius 2 is 1.36 bits per heavy atom. The molecule has 0 N–H and O–H groups in total. The first-order chi connectivity index (χ1) is 6.50. The Bertz CT molecular complexity index is 157. The van der Waals surface area contributed by atoms with Crippen LogP contribution in [0.1, 0.15) is 65.7 Å². The van der Waals surface area contributed by atoms with Crippen LogP contribution in [0.25, 0.3) is 0 Å². The SMILES string of the molecule is BC1CCCCC(C(C)(C)C)CCC1. The maximum Gasteiger partial charge on any atom is 0.105 e. The maximum absolute atomic E-state index is 2.43. The molecular weight excluding hydrogens is 167 g/mol. The average molecular weight is 194 g/mol. The van der Waals surface area contributed by atoms with Crippen LogP contribution in [0, 0.1) is 11.3 Å². The van der Waals surface area contributed by atoms with E-state index in [-0.39, 0.29) is 0 Å². The minimum absolute atomic E-state index is 0.535. The molecule has 1 saturated carbocycles. The Labute approximate surface area is 91.3 Å². The molecule has 0 aromatic carbocycles. The Hall–Kier alpha value is 0.0649. The lowest BCUT2D eigenvalue weighted by molar-refractivity contribution is 0.205. The highest BCUT2D eigenvalue weighted by Crippen LogP contribution is 2.36. The third-order valence-corrected chi connectivity index (χ3v) is 3.97. The van der Waals surface area contributed by atoms with E-state index in [9.17, 15) is 0 Å². The van der Waals surface area contributed by atoms with Gasteiger partial charge in [0.2, 0.25) is 0 Å². The van der Waals surface area contributed by atoms with Gasteiger partial charge in [0.15, 0.2) is 0 Å². The molecule has 14 heavy (non-hydrogen) atoms. The zero-order valence-electron chi connectivity index (χ0n) is 10.6. The Morgan fingerprint density at radius 1 is 0.857 bits per heavy atom. The highest BCUT2D eigenvalue weighted by Gasteiger charge is 2.24. The molecule has 0 bridgehead atoms. The predicted octanol–water partition coefficient (Wildman–Crippen LogP) is 3.81. The summed E-state index contributed by atoms with van der Waals surface area (Å²) in [5.74, 6) is 1.95. The second-order valence-electron chi connectivity index (χ2n) is 6.38. The van der Waals surface area contributed by atoms with Gasteiger partial charge in [-0.1, -0.05) is 58.7 Å². The number of hydrogen-bond acceptors (Lipinski definition) is 0. The van der Waals surface area contributed by atoms with Crippen LogP contribution in [0.3, 0.4) is 0 Å². The Kier molecular flexibility index (Phi) is 4.54. The van der Waals surface area contributed by atoms with E-state index in [1.54, 1.807) is 0 Å². The minimum atomic E-state index is 0.535. The van der Waals surface area contributed by atoms with Crippen molar-refractivity contribution >= 4 is 7.85 Å². The summed E-state index contributed by atoms with van der Waals surface area (Å²) in [7, 11) is 2.43. The fourth-order valence-corrected chi connectivity index (χ4v) is 2.75. The molecule has 1 rings (SSSR count). The standard InChI is InChI=1S/C13H27B/c1-13(2,3)11-7-4-5-9-12(14)10-6-8-11/h11-12H,4-10,14H2,1-3H3. The molecule has 0 amide bonds. The van der Waals surface area contributed by atoms with Crippen molar-refractivity contribution < 1.29 is 0 Å². The van der Waals surface area contributed by atoms with Crippen LogP contribution < -0.4 is 0 Å². The van der Waals surface area contributed by atoms with Crippen molar-refractivity contribution in [1.82, 2.24) is 0 Å². The molecular formula is C13H27B. The van der Waals surface area contributed by atoms with Crippen LogP contribution in [0.5, 0.6) is 0 Å². The molecule has 0 aromatic heterocycles. The van der Waals surface area contributed by atoms with Crippen molar-refractivity contribution in [3.8, 4) is 0 Å². The lowest BCUT2D eigenvalue weighted by Crippen LogP contribution is -2.20. The molecule has 0 aliphatic heterocycles. The van der Waals surface area contributed by atoms with Gasteiger partial charge in [0.25, 0.3) is 0 Å². The second-order valence-corrected chi connectivity index (χ2v) is 6.38. The molecule has 0 radical (unpaired) electrons. The second kappa shape index (κ2) is 5.23. The molecule has 1 aliphatic carbocycles. The van der Waals surface area contributed by atoms with Crippen molar-refractivity contribution in [3.05, 3.63) is 0 Å². The molecule has 0 saturated heterocycles. The Balaban J connectivity index is 2.45. The molecule has 0 aromatic rings. The van der Waals surface area contributed by atoms with Crippen LogP contribution in [0.4, 0.5) is 0 Å². The highest BCUT2D eigenvalue weighted by molar-refractivity contribution is 6.11. The first-order valence-electron chi connectivity index (χ1n) is 6.50. The summed E-state index contributed by atoms with van der Waals surface area (Å²) in [4.78, 5) is 0. The van der Waals surface area contributed by atoms with Crippen LogP contribution in [-0.2, 0) is 0 Å². The summed E-state index contributed by atoms with van der Waals surface area (Å²) in [6.45, 7) is 7.25. The summed E-state index contributed by atoms with van der Waals surface area (Å²) in [5, 5.41) is 0. The van der Waals surface area contributed by atoms with Gasteiger partial charge >= 0.3 is 0 Å². The van der Waals surface area contributed by atoms with E-state index in [4.69, 9.17) is 0 Å². The van der Waals surface area contributed by atoms with E-state index in [1.165, 1.54) is 44.9 Å². The summed E-state index contributed by atoms with van der Waals surface area (Å²) in [5.41, 5.74) is 0.535. The van der Waals surface area contributed by atoms with Gasteiger partial charge in [0.05, 0.1) is 0 Å². The zero-order chi connectivity index (χ0) is 10.6. The summed E-state index contributed by atoms with van der Waals surface area (Å²) >= 11 is 0. The van der Waals surface area contributed by atoms with Crippen molar-refractivity contribution in [2.45, 2.75) is 71.5 Å². The monoisotopic (exact) mass is 194 g/mol. The first kappa shape index (κ1) is 12.1. The lowest BCUT2D eigenvalue weighted by atomic mass is 9.75. The minimum Gasteiger partial charge on any atom is -0.0697 e. The molecule has 0 spiro atoms. The summed E-state index contributed by atoms with van der Waals surface area (Å²) in [6.07, 6.45) is 10.3. The average Bonchev–Trinajstić information content (AvgIpc) is 2.15. The van der Waals surface area contributed by atoms with E-state index in [1.807, 2.05) is 0 Å². The highest BCUT2D eigenvalue weighted by atomic mass is 14.3. The molecule has 2 atom stereocenters. The van der Waals surface area contributed by atoms with Gasteiger partial charge in [-0.15, -0.1) is 0 Å². The van der Waals surface area contributed by atoms with Gasteiger partial charge < -0.3 is 0 Å². The van der Waals surface area contributed by atoms with Gasteiger partial charge in [0.1, 0.15) is 7.85 Å². The normalized spacial score (nSPS) is 31.6. The van der Waals surface area contributed by atoms with Crippen LogP contribution in [0.15, 0.2) is 0 Å². The van der Waals surface area contributed by atoms with E-state index in [2.05, 4.69) is 28.6 Å². The van der Waals surface area contributed by atoms with Crippen LogP contribution in [0.2, 0.25) is 5.82 Å². The molecule has 0 nitrogen and oxygen atoms in total. The van der Waals surface area contributed by atoms with Crippen LogP contribution in [-0.4, -0.2) is 7.85 Å². The quantitative estimate of drug-likeness (QED) is 0.514. The molecule has 0 heterocycles. The third-order valence-electron chi connectivity index (χ3n) is 3.97. The van der Waals surface area contributed by atoms with Gasteiger partial charge in [-0.2, -0.15) is 0 Å². The molecule has 1 aliphatic rings. The lowest BCUT2D eigenvalue weighted by Gasteiger charge is -2.30. The predicted molar refractivity (Wildman–Crippen MR) is 67.6 cm³/mol. The largest absolute Gasteiger partial charge is 0.105 e. The van der Waals surface area contributed by atoms with Crippen molar-refractivity contribution in [1.29, 1.82) is 0 Å². The van der Waals surface area contributed by atoms with Gasteiger partial charge in [-0.05, 0) is 24.2 Å². The van der Waals surface area contributed by atoms with Crippen molar-refractivity contribution in [2.75, 3.05) is 0 Å². The smallest absolute Gasteiger partial charge is 0.0697 e. The fraction of sp³-hybridized carbons (Fsp3) is 1.00. The Morgan fingerprint density at radius 3 is 2.00 bits per heavy atom. The third kappa shape index (κ3) is 4.06. The van der Waals surface area contributed by atoms with Crippen molar-refractivity contribution in [2.24, 2.45) is 11.3 Å². The first-order valence-corrected chi connectivity index (χ1v) is 6.50. The zero-order valence-corrected chi connectivity index (χ0v) is 10.6. The number of rotatable bonds is 0. The van der Waals surface area contributed by atoms with Gasteiger partial charge in [-0.3, -0.25) is 0 Å². The van der Waals surface area contributed by atoms with E-state index >= 15 is 0 Å². The summed E-state index contributed by atoms with van der Waals surface area (Å²) in [6, 6.07) is 0.